The van der Waals surface area contributed by atoms with Gasteiger partial charge in [-0.2, -0.15) is 0 Å². The number of rotatable bonds is 4. The zero-order valence-electron chi connectivity index (χ0n) is 18.5. The number of nitrogens with zero attached hydrogens (tertiary/aromatic N) is 2. The molecule has 3 aliphatic rings. The maximum absolute atomic E-state index is 13.6. The van der Waals surface area contributed by atoms with Crippen LogP contribution in [0.25, 0.3) is 0 Å². The lowest BCUT2D eigenvalue weighted by molar-refractivity contribution is -0.149. The van der Waals surface area contributed by atoms with Gasteiger partial charge in [-0.05, 0) is 29.5 Å². The van der Waals surface area contributed by atoms with Gasteiger partial charge in [0.1, 0.15) is 24.9 Å². The zero-order chi connectivity index (χ0) is 23.3. The largest absolute Gasteiger partial charge is 0.444 e. The number of benzene rings is 2. The third-order valence-electron chi connectivity index (χ3n) is 6.64. The van der Waals surface area contributed by atoms with Gasteiger partial charge in [0.2, 0.25) is 11.8 Å². The fourth-order valence-electron chi connectivity index (χ4n) is 5.24. The topological polar surface area (TPSA) is 79.0 Å². The van der Waals surface area contributed by atoms with Crippen molar-refractivity contribution in [3.05, 3.63) is 65.7 Å². The van der Waals surface area contributed by atoms with Gasteiger partial charge in [0.25, 0.3) is 0 Å². The van der Waals surface area contributed by atoms with Crippen molar-refractivity contribution in [3.8, 4) is 0 Å². The summed E-state index contributed by atoms with van der Waals surface area (Å²) in [6.07, 6.45) is -0.307. The average molecular weight is 512 g/mol. The van der Waals surface area contributed by atoms with Gasteiger partial charge < -0.3 is 15.0 Å². The fraction of sp³-hybridized carbons (Fsp3) is 0.400. The molecular formula is C25H26BrN3O4. The van der Waals surface area contributed by atoms with E-state index in [4.69, 9.17) is 4.74 Å². The molecule has 4 atom stereocenters. The van der Waals surface area contributed by atoms with Crippen LogP contribution >= 0.6 is 15.9 Å². The maximum Gasteiger partial charge on any atom is 0.416 e. The summed E-state index contributed by atoms with van der Waals surface area (Å²) in [5, 5.41) is 2.90. The normalized spacial score (nSPS) is 27.8. The van der Waals surface area contributed by atoms with Crippen LogP contribution in [0.3, 0.4) is 0 Å². The zero-order valence-corrected chi connectivity index (χ0v) is 20.1. The number of para-hydroxylation sites is 1. The molecule has 0 spiro atoms. The van der Waals surface area contributed by atoms with Gasteiger partial charge in [-0.15, -0.1) is 0 Å². The summed E-state index contributed by atoms with van der Waals surface area (Å²) in [7, 11) is 0. The number of hydrogen-bond donors (Lipinski definition) is 1. The summed E-state index contributed by atoms with van der Waals surface area (Å²) >= 11 is 3.87. The van der Waals surface area contributed by atoms with Crippen LogP contribution in [0.5, 0.6) is 0 Å². The molecule has 2 saturated heterocycles. The number of carbonyl (C=O) groups is 3. The fourth-order valence-corrected chi connectivity index (χ4v) is 6.31. The lowest BCUT2D eigenvalue weighted by atomic mass is 9.95. The lowest BCUT2D eigenvalue weighted by Gasteiger charge is -2.41. The first kappa shape index (κ1) is 21.9. The Bertz CT molecular complexity index is 1110. The van der Waals surface area contributed by atoms with Crippen molar-refractivity contribution < 1.29 is 19.1 Å². The summed E-state index contributed by atoms with van der Waals surface area (Å²) in [5.41, 5.74) is 2.44. The number of alkyl halides is 1. The van der Waals surface area contributed by atoms with Crippen LogP contribution in [0.15, 0.2) is 54.6 Å². The first-order valence-corrected chi connectivity index (χ1v) is 12.0. The van der Waals surface area contributed by atoms with Gasteiger partial charge in [0, 0.05) is 6.42 Å². The van der Waals surface area contributed by atoms with Gasteiger partial charge in [-0.3, -0.25) is 14.5 Å². The van der Waals surface area contributed by atoms with Crippen LogP contribution in [-0.2, 0) is 25.3 Å². The van der Waals surface area contributed by atoms with E-state index in [2.05, 4.69) is 21.2 Å². The van der Waals surface area contributed by atoms with Gasteiger partial charge >= 0.3 is 6.09 Å². The Morgan fingerprint density at radius 2 is 1.85 bits per heavy atom. The number of piperazine rings is 1. The number of anilines is 1. The van der Waals surface area contributed by atoms with Crippen LogP contribution < -0.4 is 10.2 Å². The Morgan fingerprint density at radius 3 is 2.58 bits per heavy atom. The molecule has 3 aliphatic heterocycles. The Labute approximate surface area is 201 Å². The maximum atomic E-state index is 13.6. The summed E-state index contributed by atoms with van der Waals surface area (Å²) in [5.74, 6) is -0.100. The van der Waals surface area contributed by atoms with Crippen molar-refractivity contribution in [2.45, 2.75) is 55.9 Å². The third-order valence-corrected chi connectivity index (χ3v) is 7.80. The van der Waals surface area contributed by atoms with Crippen molar-refractivity contribution in [1.29, 1.82) is 0 Å². The van der Waals surface area contributed by atoms with E-state index >= 15 is 0 Å². The van der Waals surface area contributed by atoms with Crippen LogP contribution in [0.2, 0.25) is 0 Å². The number of nitrogens with one attached hydrogen (secondary N) is 1. The van der Waals surface area contributed by atoms with Crippen molar-refractivity contribution in [3.63, 3.8) is 0 Å². The summed E-state index contributed by atoms with van der Waals surface area (Å²) in [6.45, 7) is 4.15. The van der Waals surface area contributed by atoms with E-state index in [1.165, 1.54) is 4.90 Å². The predicted molar refractivity (Wildman–Crippen MR) is 127 cm³/mol. The van der Waals surface area contributed by atoms with Gasteiger partial charge in [-0.1, -0.05) is 78.3 Å². The van der Waals surface area contributed by atoms with Crippen LogP contribution in [0, 0.1) is 5.92 Å². The minimum atomic E-state index is -0.750. The molecule has 5 rings (SSSR count). The quantitative estimate of drug-likeness (QED) is 0.631. The molecule has 172 valence electrons. The minimum absolute atomic E-state index is 0.119. The number of hydrogen-bond acceptors (Lipinski definition) is 4. The Hall–Kier alpha value is -2.87. The number of fused-ring (bicyclic) bond motifs is 5. The van der Waals surface area contributed by atoms with Gasteiger partial charge in [-0.25, -0.2) is 4.79 Å². The van der Waals surface area contributed by atoms with E-state index in [1.54, 1.807) is 4.90 Å². The molecule has 2 aromatic rings. The number of ether oxygens (including phenoxy) is 1. The van der Waals surface area contributed by atoms with Gasteiger partial charge in [0.05, 0.1) is 10.0 Å². The monoisotopic (exact) mass is 511 g/mol. The standard InChI is InChI=1S/C25H26BrN3O4/c1-15(2)12-18-22(31)28-20(21(30)27-18)13-25(26)17-10-6-7-11-19(17)29(23(25)28)24(32)33-14-16-8-4-3-5-9-16/h3-11,15,18,20,23H,12-14H2,1-2H3,(H,27,30)/t18-,20+,23+,25+/m1/s1. The highest BCUT2D eigenvalue weighted by atomic mass is 79.9. The molecule has 0 bridgehead atoms. The second-order valence-electron chi connectivity index (χ2n) is 9.32. The molecule has 3 heterocycles. The number of amides is 3. The predicted octanol–water partition coefficient (Wildman–Crippen LogP) is 3.91. The van der Waals surface area contributed by atoms with Crippen LogP contribution in [0.1, 0.15) is 37.8 Å². The molecule has 33 heavy (non-hydrogen) atoms. The Morgan fingerprint density at radius 1 is 1.15 bits per heavy atom. The van der Waals surface area contributed by atoms with Crippen molar-refractivity contribution >= 4 is 39.5 Å². The Balaban J connectivity index is 1.51. The highest BCUT2D eigenvalue weighted by molar-refractivity contribution is 9.09. The molecule has 0 unspecified atom stereocenters. The number of carbonyl (C=O) groups excluding carboxylic acids is 3. The average Bonchev–Trinajstić information content (AvgIpc) is 3.24. The second kappa shape index (κ2) is 8.17. The van der Waals surface area contributed by atoms with E-state index in [0.717, 1.165) is 11.1 Å². The van der Waals surface area contributed by atoms with Crippen molar-refractivity contribution in [2.75, 3.05) is 4.90 Å². The van der Waals surface area contributed by atoms with E-state index in [0.29, 0.717) is 18.5 Å². The highest BCUT2D eigenvalue weighted by Crippen LogP contribution is 2.58. The highest BCUT2D eigenvalue weighted by Gasteiger charge is 2.66. The molecule has 3 amide bonds. The van der Waals surface area contributed by atoms with Gasteiger partial charge in [0.15, 0.2) is 0 Å². The summed E-state index contributed by atoms with van der Waals surface area (Å²) in [4.78, 5) is 43.2. The summed E-state index contributed by atoms with van der Waals surface area (Å²) < 4.78 is 4.93. The smallest absolute Gasteiger partial charge is 0.416 e. The molecular weight excluding hydrogens is 486 g/mol. The van der Waals surface area contributed by atoms with E-state index < -0.39 is 28.7 Å². The van der Waals surface area contributed by atoms with Crippen LogP contribution in [-0.4, -0.2) is 41.1 Å². The Kier molecular flexibility index (Phi) is 5.43. The molecule has 8 heteroatoms. The minimum Gasteiger partial charge on any atom is -0.444 e. The van der Waals surface area contributed by atoms with E-state index in [1.807, 2.05) is 68.4 Å². The van der Waals surface area contributed by atoms with Crippen molar-refractivity contribution in [1.82, 2.24) is 10.2 Å². The molecule has 0 aliphatic carbocycles. The molecule has 0 radical (unpaired) electrons. The lowest BCUT2D eigenvalue weighted by Crippen LogP contribution is -2.66. The second-order valence-corrected chi connectivity index (χ2v) is 10.7. The molecule has 0 saturated carbocycles. The van der Waals surface area contributed by atoms with E-state index in [-0.39, 0.29) is 24.3 Å². The number of halogens is 1. The van der Waals surface area contributed by atoms with Crippen LogP contribution in [0.4, 0.5) is 10.5 Å². The van der Waals surface area contributed by atoms with Crippen molar-refractivity contribution in [2.24, 2.45) is 5.92 Å². The SMILES string of the molecule is CC(C)C[C@H]1NC(=O)[C@@H]2C[C@]3(Br)c4ccccc4N(C(=O)OCc4ccccc4)[C@@H]3N2C1=O. The molecule has 7 nitrogen and oxygen atoms in total. The molecule has 2 fully saturated rings. The molecule has 1 N–H and O–H groups in total. The molecule has 2 aromatic carbocycles. The first-order valence-electron chi connectivity index (χ1n) is 11.2. The molecule has 0 aromatic heterocycles. The third kappa shape index (κ3) is 3.51. The first-order chi connectivity index (χ1) is 15.8. The summed E-state index contributed by atoms with van der Waals surface area (Å²) in [6, 6.07) is 15.8. The van der Waals surface area contributed by atoms with E-state index in [9.17, 15) is 14.4 Å².